The van der Waals surface area contributed by atoms with Crippen molar-refractivity contribution in [2.24, 2.45) is 0 Å². The maximum atomic E-state index is 12.8. The lowest BCUT2D eigenvalue weighted by molar-refractivity contribution is -0.346. The largest absolute Gasteiger partial charge is 0.546 e. The number of hydrogen-bond donors (Lipinski definition) is 2. The lowest BCUT2D eigenvalue weighted by Crippen LogP contribution is -2.76. The first kappa shape index (κ1) is 20.9. The van der Waals surface area contributed by atoms with E-state index in [2.05, 4.69) is 0 Å². The molecule has 0 aliphatic rings. The Balaban J connectivity index is 2.78. The Labute approximate surface area is 159 Å². The number of aliphatic carboxylic acids is 2. The van der Waals surface area contributed by atoms with Gasteiger partial charge in [-0.05, 0) is 25.0 Å². The van der Waals surface area contributed by atoms with Gasteiger partial charge in [-0.15, -0.1) is 0 Å². The van der Waals surface area contributed by atoms with Crippen LogP contribution in [0.2, 0.25) is 0 Å². The number of hydrogen-bond acceptors (Lipinski definition) is 8. The van der Waals surface area contributed by atoms with Gasteiger partial charge in [0.15, 0.2) is 0 Å². The van der Waals surface area contributed by atoms with Gasteiger partial charge in [0, 0.05) is 11.1 Å². The molecule has 0 aromatic heterocycles. The molecule has 0 heterocycles. The topological polar surface area (TPSA) is 155 Å². The minimum atomic E-state index is -4.14. The quantitative estimate of drug-likeness (QED) is 0.424. The number of Topliss-reactive ketones (excluding diaryl/α,β-unsaturated/α-hetero) is 2. The molecular formula is C20H16O8-2. The molecule has 0 bridgehead atoms. The Kier molecular flexibility index (Phi) is 5.49. The van der Waals surface area contributed by atoms with Gasteiger partial charge in [-0.3, -0.25) is 9.59 Å². The summed E-state index contributed by atoms with van der Waals surface area (Å²) in [6.45, 7) is 2.79. The number of carbonyl (C=O) groups is 4. The summed E-state index contributed by atoms with van der Waals surface area (Å²) in [5, 5.41) is 44.8. The highest BCUT2D eigenvalue weighted by Gasteiger charge is 2.62. The highest BCUT2D eigenvalue weighted by molar-refractivity contribution is 6.28. The van der Waals surface area contributed by atoms with E-state index in [4.69, 9.17) is 0 Å². The van der Waals surface area contributed by atoms with Crippen LogP contribution >= 0.6 is 0 Å². The predicted molar refractivity (Wildman–Crippen MR) is 90.9 cm³/mol. The fourth-order valence-corrected chi connectivity index (χ4v) is 2.85. The van der Waals surface area contributed by atoms with Crippen LogP contribution in [0.1, 0.15) is 31.8 Å². The summed E-state index contributed by atoms with van der Waals surface area (Å²) in [7, 11) is 0. The smallest absolute Gasteiger partial charge is 0.209 e. The second-order valence-corrected chi connectivity index (χ2v) is 6.28. The van der Waals surface area contributed by atoms with E-state index in [0.29, 0.717) is 0 Å². The van der Waals surface area contributed by atoms with Crippen molar-refractivity contribution in [3.63, 3.8) is 0 Å². The van der Waals surface area contributed by atoms with Crippen LogP contribution in [0.25, 0.3) is 0 Å². The highest BCUT2D eigenvalue weighted by Crippen LogP contribution is 2.32. The molecule has 2 N–H and O–H groups in total. The molecule has 28 heavy (non-hydrogen) atoms. The van der Waals surface area contributed by atoms with Crippen LogP contribution in [0.5, 0.6) is 0 Å². The molecule has 2 atom stereocenters. The standard InChI is InChI=1S/C20H18O8/c1-11-7-3-5-9-13(11)15(21)19(27,17(23)24)20(28,18(25)26)16(22)14-10-6-4-8-12(14)2/h3-10,27-28H,1-2H3,(H,23,24)(H,25,26)/p-2. The molecule has 0 amide bonds. The van der Waals surface area contributed by atoms with E-state index in [1.54, 1.807) is 0 Å². The van der Waals surface area contributed by atoms with Crippen molar-refractivity contribution in [3.8, 4) is 0 Å². The SMILES string of the molecule is Cc1ccccc1C(=O)C(O)(C(=O)[O-])C(O)(C(=O)[O-])C(=O)c1ccccc1C. The second kappa shape index (κ2) is 7.34. The molecule has 2 aromatic rings. The Hall–Kier alpha value is -3.36. The van der Waals surface area contributed by atoms with E-state index in [-0.39, 0.29) is 11.1 Å². The van der Waals surface area contributed by atoms with E-state index in [9.17, 15) is 39.6 Å². The molecule has 2 rings (SSSR count). The number of carboxylic acid groups (broad SMARTS) is 2. The molecule has 146 valence electrons. The Morgan fingerprint density at radius 1 is 0.679 bits per heavy atom. The zero-order valence-corrected chi connectivity index (χ0v) is 15.0. The number of rotatable bonds is 7. The fourth-order valence-electron chi connectivity index (χ4n) is 2.85. The maximum absolute atomic E-state index is 12.8. The number of carboxylic acids is 2. The van der Waals surface area contributed by atoms with Gasteiger partial charge in [0.05, 0.1) is 11.9 Å². The van der Waals surface area contributed by atoms with Crippen LogP contribution in [-0.2, 0) is 9.59 Å². The van der Waals surface area contributed by atoms with Crippen molar-refractivity contribution in [3.05, 3.63) is 70.8 Å². The molecule has 0 aliphatic carbocycles. The normalized spacial score (nSPS) is 15.1. The zero-order valence-electron chi connectivity index (χ0n) is 15.0. The molecule has 0 radical (unpaired) electrons. The van der Waals surface area contributed by atoms with Crippen molar-refractivity contribution >= 4 is 23.5 Å². The number of ketones is 2. The molecule has 0 spiro atoms. The molecular weight excluding hydrogens is 368 g/mol. The number of aryl methyl sites for hydroxylation is 2. The van der Waals surface area contributed by atoms with Crippen molar-refractivity contribution in [2.45, 2.75) is 25.0 Å². The fraction of sp³-hybridized carbons (Fsp3) is 0.200. The molecule has 0 saturated heterocycles. The lowest BCUT2D eigenvalue weighted by Gasteiger charge is -2.42. The highest BCUT2D eigenvalue weighted by atomic mass is 16.5. The summed E-state index contributed by atoms with van der Waals surface area (Å²) in [4.78, 5) is 49.1. The average molecular weight is 384 g/mol. The van der Waals surface area contributed by atoms with E-state index in [1.165, 1.54) is 50.2 Å². The van der Waals surface area contributed by atoms with Crippen molar-refractivity contribution < 1.29 is 39.6 Å². The number of aliphatic hydroxyl groups is 2. The van der Waals surface area contributed by atoms with Crippen LogP contribution in [0, 0.1) is 13.8 Å². The second-order valence-electron chi connectivity index (χ2n) is 6.28. The van der Waals surface area contributed by atoms with Crippen LogP contribution in [0.3, 0.4) is 0 Å². The van der Waals surface area contributed by atoms with E-state index in [0.717, 1.165) is 12.1 Å². The van der Waals surface area contributed by atoms with E-state index in [1.807, 2.05) is 0 Å². The first-order valence-corrected chi connectivity index (χ1v) is 8.08. The Bertz CT molecular complexity index is 900. The third-order valence-corrected chi connectivity index (χ3v) is 4.55. The molecule has 0 saturated carbocycles. The van der Waals surface area contributed by atoms with Gasteiger partial charge in [-0.25, -0.2) is 0 Å². The third-order valence-electron chi connectivity index (χ3n) is 4.55. The van der Waals surface area contributed by atoms with Gasteiger partial charge in [0.25, 0.3) is 0 Å². The van der Waals surface area contributed by atoms with Crippen LogP contribution in [-0.4, -0.2) is 44.9 Å². The first-order chi connectivity index (χ1) is 13.0. The van der Waals surface area contributed by atoms with Gasteiger partial charge >= 0.3 is 0 Å². The molecule has 0 aliphatic heterocycles. The summed E-state index contributed by atoms with van der Waals surface area (Å²) in [6.07, 6.45) is 0. The van der Waals surface area contributed by atoms with Crippen LogP contribution < -0.4 is 10.2 Å². The van der Waals surface area contributed by atoms with Crippen molar-refractivity contribution in [1.82, 2.24) is 0 Å². The summed E-state index contributed by atoms with van der Waals surface area (Å²) in [5.41, 5.74) is -8.75. The van der Waals surface area contributed by atoms with Gasteiger partial charge < -0.3 is 30.0 Å². The van der Waals surface area contributed by atoms with E-state index < -0.39 is 45.8 Å². The predicted octanol–water partition coefficient (Wildman–Crippen LogP) is -1.67. The Morgan fingerprint density at radius 2 is 0.964 bits per heavy atom. The summed E-state index contributed by atoms with van der Waals surface area (Å²) < 4.78 is 0. The molecule has 8 nitrogen and oxygen atoms in total. The lowest BCUT2D eigenvalue weighted by atomic mass is 9.72. The minimum Gasteiger partial charge on any atom is -0.546 e. The zero-order chi connectivity index (χ0) is 21.3. The van der Waals surface area contributed by atoms with Gasteiger partial charge in [-0.2, -0.15) is 0 Å². The minimum absolute atomic E-state index is 0.177. The molecule has 2 unspecified atom stereocenters. The van der Waals surface area contributed by atoms with Crippen molar-refractivity contribution in [2.75, 3.05) is 0 Å². The maximum Gasteiger partial charge on any atom is 0.209 e. The van der Waals surface area contributed by atoms with Gasteiger partial charge in [-0.1, -0.05) is 48.5 Å². The monoisotopic (exact) mass is 384 g/mol. The third kappa shape index (κ3) is 2.98. The molecule has 0 fully saturated rings. The number of benzene rings is 2. The van der Waals surface area contributed by atoms with Crippen LogP contribution in [0.4, 0.5) is 0 Å². The van der Waals surface area contributed by atoms with Gasteiger partial charge in [0.1, 0.15) is 0 Å². The summed E-state index contributed by atoms with van der Waals surface area (Å²) >= 11 is 0. The molecule has 2 aromatic carbocycles. The Morgan fingerprint density at radius 3 is 1.21 bits per heavy atom. The summed E-state index contributed by atoms with van der Waals surface area (Å²) in [6, 6.07) is 10.7. The average Bonchev–Trinajstić information content (AvgIpc) is 2.65. The van der Waals surface area contributed by atoms with E-state index >= 15 is 0 Å². The van der Waals surface area contributed by atoms with Crippen LogP contribution in [0.15, 0.2) is 48.5 Å². The first-order valence-electron chi connectivity index (χ1n) is 8.08. The number of carbonyl (C=O) groups excluding carboxylic acids is 4. The van der Waals surface area contributed by atoms with Crippen molar-refractivity contribution in [1.29, 1.82) is 0 Å². The molecule has 8 heteroatoms. The van der Waals surface area contributed by atoms with Gasteiger partial charge in [0.2, 0.25) is 22.8 Å². The summed E-state index contributed by atoms with van der Waals surface area (Å²) in [5.74, 6) is -8.76.